The Balaban J connectivity index is 2.19. The second kappa shape index (κ2) is 8.25. The topological polar surface area (TPSA) is 79.3 Å². The second-order valence-electron chi connectivity index (χ2n) is 5.09. The average molecular weight is 368 g/mol. The lowest BCUT2D eigenvalue weighted by atomic mass is 10.2. The Morgan fingerprint density at radius 2 is 2.21 bits per heavy atom. The average Bonchev–Trinajstić information content (AvgIpc) is 2.93. The lowest BCUT2D eigenvalue weighted by molar-refractivity contribution is -0.139. The molecule has 2 N–H and O–H groups in total. The predicted octanol–water partition coefficient (Wildman–Crippen LogP) is 3.19. The molecule has 0 aliphatic heterocycles. The van der Waals surface area contributed by atoms with Gasteiger partial charge in [0.25, 0.3) is 5.91 Å². The van der Waals surface area contributed by atoms with Crippen molar-refractivity contribution in [1.82, 2.24) is 10.3 Å². The second-order valence-corrected chi connectivity index (χ2v) is 7.07. The highest BCUT2D eigenvalue weighted by Gasteiger charge is 2.23. The fourth-order valence-corrected chi connectivity index (χ4v) is 3.51. The summed E-state index contributed by atoms with van der Waals surface area (Å²) in [6.07, 6.45) is 2.22. The summed E-state index contributed by atoms with van der Waals surface area (Å²) < 4.78 is 13.3. The molecule has 1 amide bonds. The highest BCUT2D eigenvalue weighted by Crippen LogP contribution is 2.28. The molecule has 0 aliphatic rings. The highest BCUT2D eigenvalue weighted by atomic mass is 32.2. The molecule has 2 aromatic rings. The lowest BCUT2D eigenvalue weighted by Crippen LogP contribution is -2.41. The first-order valence-electron chi connectivity index (χ1n) is 7.18. The van der Waals surface area contributed by atoms with Crippen LogP contribution < -0.4 is 5.32 Å². The normalized spacial score (nSPS) is 12.0. The van der Waals surface area contributed by atoms with Gasteiger partial charge in [-0.2, -0.15) is 11.8 Å². The van der Waals surface area contributed by atoms with Crippen LogP contribution in [0.5, 0.6) is 0 Å². The van der Waals surface area contributed by atoms with Gasteiger partial charge in [-0.1, -0.05) is 12.1 Å². The Kier molecular flexibility index (Phi) is 6.33. The molecule has 2 rings (SSSR count). The third kappa shape index (κ3) is 4.55. The number of hydrogen-bond acceptors (Lipinski definition) is 5. The number of aryl methyl sites for hydroxylation is 1. The van der Waals surface area contributed by atoms with Crippen molar-refractivity contribution in [3.8, 4) is 10.6 Å². The van der Waals surface area contributed by atoms with Gasteiger partial charge in [0.2, 0.25) is 0 Å². The number of aliphatic carboxylic acids is 1. The van der Waals surface area contributed by atoms with Crippen molar-refractivity contribution in [3.05, 3.63) is 40.7 Å². The SMILES string of the molecule is CSCCC(NC(=O)c1sc(-c2cccc(F)c2)nc1C)C(=O)O. The number of benzene rings is 1. The first kappa shape index (κ1) is 18.4. The van der Waals surface area contributed by atoms with Crippen LogP contribution in [0.4, 0.5) is 4.39 Å². The molecule has 0 bridgehead atoms. The van der Waals surface area contributed by atoms with Gasteiger partial charge in [-0.05, 0) is 37.5 Å². The monoisotopic (exact) mass is 368 g/mol. The Hall–Kier alpha value is -1.93. The number of hydrogen-bond donors (Lipinski definition) is 2. The van der Waals surface area contributed by atoms with Gasteiger partial charge in [-0.3, -0.25) is 4.79 Å². The number of aromatic nitrogens is 1. The van der Waals surface area contributed by atoms with Gasteiger partial charge in [-0.15, -0.1) is 11.3 Å². The Morgan fingerprint density at radius 1 is 1.46 bits per heavy atom. The molecular weight excluding hydrogens is 351 g/mol. The first-order valence-corrected chi connectivity index (χ1v) is 9.39. The molecule has 0 radical (unpaired) electrons. The predicted molar refractivity (Wildman–Crippen MR) is 94.1 cm³/mol. The summed E-state index contributed by atoms with van der Waals surface area (Å²) in [7, 11) is 0. The maximum Gasteiger partial charge on any atom is 0.326 e. The van der Waals surface area contributed by atoms with E-state index in [0.717, 1.165) is 11.3 Å². The van der Waals surface area contributed by atoms with Crippen molar-refractivity contribution < 1.29 is 19.1 Å². The Bertz CT molecular complexity index is 749. The van der Waals surface area contributed by atoms with Crippen molar-refractivity contribution >= 4 is 35.0 Å². The van der Waals surface area contributed by atoms with Crippen LogP contribution in [0.3, 0.4) is 0 Å². The number of nitrogens with one attached hydrogen (secondary N) is 1. The molecule has 1 atom stereocenters. The van der Waals surface area contributed by atoms with Crippen LogP contribution in [0.2, 0.25) is 0 Å². The van der Waals surface area contributed by atoms with Crippen LogP contribution in [0.25, 0.3) is 10.6 Å². The summed E-state index contributed by atoms with van der Waals surface area (Å²) in [6.45, 7) is 1.67. The molecule has 0 saturated heterocycles. The zero-order chi connectivity index (χ0) is 17.7. The van der Waals surface area contributed by atoms with E-state index in [-0.39, 0.29) is 5.82 Å². The minimum Gasteiger partial charge on any atom is -0.480 e. The van der Waals surface area contributed by atoms with Crippen LogP contribution in [0, 0.1) is 12.7 Å². The molecule has 1 aromatic heterocycles. The maximum atomic E-state index is 13.3. The number of nitrogens with zero attached hydrogens (tertiary/aromatic N) is 1. The fourth-order valence-electron chi connectivity index (χ4n) is 2.07. The number of carboxylic acid groups (broad SMARTS) is 1. The number of carbonyl (C=O) groups excluding carboxylic acids is 1. The molecule has 0 fully saturated rings. The smallest absolute Gasteiger partial charge is 0.326 e. The van der Waals surface area contributed by atoms with E-state index in [1.165, 1.54) is 23.9 Å². The van der Waals surface area contributed by atoms with Crippen LogP contribution in [0.15, 0.2) is 24.3 Å². The van der Waals surface area contributed by atoms with Gasteiger partial charge in [0.15, 0.2) is 0 Å². The Morgan fingerprint density at radius 3 is 2.83 bits per heavy atom. The minimum absolute atomic E-state index is 0.338. The summed E-state index contributed by atoms with van der Waals surface area (Å²) in [6, 6.07) is 5.02. The van der Waals surface area contributed by atoms with E-state index in [4.69, 9.17) is 0 Å². The van der Waals surface area contributed by atoms with Crippen molar-refractivity contribution in [2.24, 2.45) is 0 Å². The van der Waals surface area contributed by atoms with E-state index in [0.29, 0.717) is 33.3 Å². The summed E-state index contributed by atoms with van der Waals surface area (Å²) in [5.74, 6) is -1.28. The zero-order valence-electron chi connectivity index (χ0n) is 13.2. The third-order valence-corrected chi connectivity index (χ3v) is 5.14. The number of carboxylic acids is 1. The minimum atomic E-state index is -1.06. The van der Waals surface area contributed by atoms with E-state index >= 15 is 0 Å². The van der Waals surface area contributed by atoms with Crippen LogP contribution in [-0.4, -0.2) is 40.0 Å². The molecule has 5 nitrogen and oxygen atoms in total. The van der Waals surface area contributed by atoms with E-state index in [2.05, 4.69) is 10.3 Å². The van der Waals surface area contributed by atoms with Crippen LogP contribution in [0.1, 0.15) is 21.8 Å². The first-order chi connectivity index (χ1) is 11.4. The molecule has 128 valence electrons. The van der Waals surface area contributed by atoms with Crippen molar-refractivity contribution in [3.63, 3.8) is 0 Å². The van der Waals surface area contributed by atoms with Crippen molar-refractivity contribution in [2.75, 3.05) is 12.0 Å². The van der Waals surface area contributed by atoms with Gasteiger partial charge in [0.1, 0.15) is 21.7 Å². The number of halogens is 1. The molecular formula is C16H17FN2O3S2. The van der Waals surface area contributed by atoms with Gasteiger partial charge in [0.05, 0.1) is 5.69 Å². The quantitative estimate of drug-likeness (QED) is 0.785. The zero-order valence-corrected chi connectivity index (χ0v) is 14.8. The van der Waals surface area contributed by atoms with Crippen LogP contribution >= 0.6 is 23.1 Å². The molecule has 0 spiro atoms. The van der Waals surface area contributed by atoms with E-state index in [1.54, 1.807) is 19.1 Å². The molecule has 1 unspecified atom stereocenters. The standard InChI is InChI=1S/C16H17FN2O3S2/c1-9-13(14(20)19-12(16(21)22)6-7-23-2)24-15(18-9)10-4-3-5-11(17)8-10/h3-5,8,12H,6-7H2,1-2H3,(H,19,20)(H,21,22). The summed E-state index contributed by atoms with van der Waals surface area (Å²) in [4.78, 5) is 28.2. The molecule has 0 aliphatic carbocycles. The summed E-state index contributed by atoms with van der Waals surface area (Å²) in [5, 5.41) is 12.3. The third-order valence-electron chi connectivity index (χ3n) is 3.29. The van der Waals surface area contributed by atoms with Crippen molar-refractivity contribution in [1.29, 1.82) is 0 Å². The number of thioether (sulfide) groups is 1. The lowest BCUT2D eigenvalue weighted by Gasteiger charge is -2.13. The maximum absolute atomic E-state index is 13.3. The number of amides is 1. The summed E-state index contributed by atoms with van der Waals surface area (Å²) in [5.41, 5.74) is 1.07. The highest BCUT2D eigenvalue weighted by molar-refractivity contribution is 7.98. The van der Waals surface area contributed by atoms with Gasteiger partial charge < -0.3 is 10.4 Å². The van der Waals surface area contributed by atoms with E-state index < -0.39 is 17.9 Å². The van der Waals surface area contributed by atoms with Gasteiger partial charge in [-0.25, -0.2) is 14.2 Å². The van der Waals surface area contributed by atoms with Crippen molar-refractivity contribution in [2.45, 2.75) is 19.4 Å². The summed E-state index contributed by atoms with van der Waals surface area (Å²) >= 11 is 2.64. The molecule has 0 saturated carbocycles. The Labute approximate surface area is 147 Å². The van der Waals surface area contributed by atoms with Crippen LogP contribution in [-0.2, 0) is 4.79 Å². The van der Waals surface area contributed by atoms with E-state index in [1.807, 2.05) is 6.26 Å². The number of carbonyl (C=O) groups is 2. The largest absolute Gasteiger partial charge is 0.480 e. The molecule has 1 heterocycles. The molecule has 8 heteroatoms. The molecule has 1 aromatic carbocycles. The number of rotatable bonds is 7. The fraction of sp³-hybridized carbons (Fsp3) is 0.312. The van der Waals surface area contributed by atoms with E-state index in [9.17, 15) is 19.1 Å². The molecule has 24 heavy (non-hydrogen) atoms. The van der Waals surface area contributed by atoms with Gasteiger partial charge in [0, 0.05) is 5.56 Å². The number of thiazole rings is 1. The van der Waals surface area contributed by atoms with Gasteiger partial charge >= 0.3 is 5.97 Å².